The van der Waals surface area contributed by atoms with Gasteiger partial charge in [0.15, 0.2) is 9.84 Å². The lowest BCUT2D eigenvalue weighted by molar-refractivity contribution is 0.315. The van der Waals surface area contributed by atoms with Gasteiger partial charge in [-0.05, 0) is 43.4 Å². The van der Waals surface area contributed by atoms with E-state index in [1.807, 2.05) is 13.8 Å². The van der Waals surface area contributed by atoms with Crippen molar-refractivity contribution in [3.8, 4) is 0 Å². The second-order valence-corrected chi connectivity index (χ2v) is 10.1. The van der Waals surface area contributed by atoms with Crippen molar-refractivity contribution in [2.45, 2.75) is 49.4 Å². The van der Waals surface area contributed by atoms with Crippen molar-refractivity contribution in [3.63, 3.8) is 0 Å². The molecule has 124 valence electrons. The summed E-state index contributed by atoms with van der Waals surface area (Å²) >= 11 is 0. The predicted molar refractivity (Wildman–Crippen MR) is 86.0 cm³/mol. The van der Waals surface area contributed by atoms with E-state index in [1.54, 1.807) is 13.0 Å². The van der Waals surface area contributed by atoms with Crippen LogP contribution in [0.4, 0.5) is 0 Å². The summed E-state index contributed by atoms with van der Waals surface area (Å²) in [7, 11) is -7.12. The molecule has 0 bridgehead atoms. The zero-order chi connectivity index (χ0) is 16.7. The highest BCUT2D eigenvalue weighted by molar-refractivity contribution is 7.91. The molecule has 1 saturated heterocycles. The largest absolute Gasteiger partial charge is 0.243 e. The number of sulfonamides is 1. The predicted octanol–water partition coefficient (Wildman–Crippen LogP) is 2.21. The zero-order valence-corrected chi connectivity index (χ0v) is 15.0. The van der Waals surface area contributed by atoms with Gasteiger partial charge in [0.1, 0.15) is 0 Å². The van der Waals surface area contributed by atoms with Crippen LogP contribution in [0.5, 0.6) is 0 Å². The Bertz CT molecular complexity index is 767. The molecule has 0 saturated carbocycles. The molecule has 1 aromatic rings. The summed E-state index contributed by atoms with van der Waals surface area (Å²) in [5.74, 6) is 0.232. The smallest absolute Gasteiger partial charge is 0.224 e. The molecule has 0 amide bonds. The Morgan fingerprint density at radius 1 is 1.18 bits per heavy atom. The van der Waals surface area contributed by atoms with Crippen molar-refractivity contribution in [2.75, 3.05) is 12.8 Å². The minimum absolute atomic E-state index is 0.0220. The maximum absolute atomic E-state index is 13.0. The lowest BCUT2D eigenvalue weighted by Gasteiger charge is -2.27. The maximum atomic E-state index is 13.0. The average Bonchev–Trinajstić information content (AvgIpc) is 2.87. The number of aryl methyl sites for hydroxylation is 1. The normalized spacial score (nSPS) is 20.7. The molecule has 0 spiro atoms. The molecule has 1 fully saturated rings. The van der Waals surface area contributed by atoms with Crippen molar-refractivity contribution in [1.82, 2.24) is 4.31 Å². The summed E-state index contributed by atoms with van der Waals surface area (Å²) in [4.78, 5) is 0.139. The minimum Gasteiger partial charge on any atom is -0.224 e. The zero-order valence-electron chi connectivity index (χ0n) is 13.4. The number of benzene rings is 1. The molecule has 0 radical (unpaired) electrons. The van der Waals surface area contributed by atoms with E-state index < -0.39 is 19.9 Å². The summed E-state index contributed by atoms with van der Waals surface area (Å²) < 4.78 is 50.9. The Morgan fingerprint density at radius 2 is 1.82 bits per heavy atom. The van der Waals surface area contributed by atoms with Crippen LogP contribution in [-0.4, -0.2) is 40.0 Å². The lowest BCUT2D eigenvalue weighted by Crippen LogP contribution is -2.38. The number of hydrogen-bond donors (Lipinski definition) is 0. The van der Waals surface area contributed by atoms with Gasteiger partial charge >= 0.3 is 0 Å². The van der Waals surface area contributed by atoms with Gasteiger partial charge in [-0.3, -0.25) is 0 Å². The SMILES string of the molecule is Cc1ccc(S(C)(=O)=O)cc1S(=O)(=O)N1CCCC1C(C)C. The van der Waals surface area contributed by atoms with Crippen molar-refractivity contribution in [2.24, 2.45) is 5.92 Å². The number of rotatable bonds is 4. The Labute approximate surface area is 133 Å². The third-order valence-electron chi connectivity index (χ3n) is 4.19. The van der Waals surface area contributed by atoms with Gasteiger partial charge in [0, 0.05) is 18.8 Å². The molecule has 1 aromatic carbocycles. The van der Waals surface area contributed by atoms with Gasteiger partial charge in [-0.25, -0.2) is 16.8 Å². The van der Waals surface area contributed by atoms with E-state index in [9.17, 15) is 16.8 Å². The van der Waals surface area contributed by atoms with Crippen molar-refractivity contribution in [3.05, 3.63) is 23.8 Å². The van der Waals surface area contributed by atoms with Crippen LogP contribution in [0.1, 0.15) is 32.3 Å². The lowest BCUT2D eigenvalue weighted by atomic mass is 10.0. The molecule has 2 rings (SSSR count). The standard InChI is InChI=1S/C15H23NO4S2/c1-11(2)14-6-5-9-16(14)22(19,20)15-10-13(21(4,17)18)8-7-12(15)3/h7-8,10-11,14H,5-6,9H2,1-4H3. The number of hydrogen-bond acceptors (Lipinski definition) is 4. The molecule has 1 heterocycles. The molecule has 1 aliphatic rings. The third-order valence-corrected chi connectivity index (χ3v) is 7.37. The van der Waals surface area contributed by atoms with Gasteiger partial charge in [0.2, 0.25) is 10.0 Å². The second-order valence-electron chi connectivity index (χ2n) is 6.27. The van der Waals surface area contributed by atoms with E-state index in [-0.39, 0.29) is 21.8 Å². The van der Waals surface area contributed by atoms with Crippen LogP contribution >= 0.6 is 0 Å². The van der Waals surface area contributed by atoms with Gasteiger partial charge in [0.25, 0.3) is 0 Å². The van der Waals surface area contributed by atoms with E-state index in [2.05, 4.69) is 0 Å². The first-order valence-corrected chi connectivity index (χ1v) is 10.7. The summed E-state index contributed by atoms with van der Waals surface area (Å²) in [5.41, 5.74) is 0.571. The molecule has 0 aliphatic carbocycles. The summed E-state index contributed by atoms with van der Waals surface area (Å²) in [6.45, 7) is 6.21. The molecule has 1 unspecified atom stereocenters. The average molecular weight is 345 g/mol. The molecule has 22 heavy (non-hydrogen) atoms. The highest BCUT2D eigenvalue weighted by atomic mass is 32.2. The summed E-state index contributed by atoms with van der Waals surface area (Å²) in [5, 5.41) is 0. The van der Waals surface area contributed by atoms with E-state index in [0.717, 1.165) is 19.1 Å². The Balaban J connectivity index is 2.54. The maximum Gasteiger partial charge on any atom is 0.243 e. The molecule has 5 nitrogen and oxygen atoms in total. The Kier molecular flexibility index (Phi) is 4.71. The monoisotopic (exact) mass is 345 g/mol. The van der Waals surface area contributed by atoms with Gasteiger partial charge < -0.3 is 0 Å². The first-order chi connectivity index (χ1) is 10.0. The van der Waals surface area contributed by atoms with Crippen LogP contribution in [-0.2, 0) is 19.9 Å². The van der Waals surface area contributed by atoms with E-state index >= 15 is 0 Å². The fourth-order valence-electron chi connectivity index (χ4n) is 2.95. The topological polar surface area (TPSA) is 71.5 Å². The van der Waals surface area contributed by atoms with Crippen LogP contribution < -0.4 is 0 Å². The van der Waals surface area contributed by atoms with Gasteiger partial charge in [-0.2, -0.15) is 4.31 Å². The van der Waals surface area contributed by atoms with E-state index in [1.165, 1.54) is 16.4 Å². The van der Waals surface area contributed by atoms with Crippen molar-refractivity contribution in [1.29, 1.82) is 0 Å². The highest BCUT2D eigenvalue weighted by Gasteiger charge is 2.37. The Hall–Kier alpha value is -0.920. The van der Waals surface area contributed by atoms with Crippen LogP contribution in [0, 0.1) is 12.8 Å². The molecule has 0 aromatic heterocycles. The van der Waals surface area contributed by atoms with E-state index in [0.29, 0.717) is 12.1 Å². The second kappa shape index (κ2) is 5.94. The van der Waals surface area contributed by atoms with Gasteiger partial charge in [0.05, 0.1) is 9.79 Å². The van der Waals surface area contributed by atoms with Crippen molar-refractivity contribution < 1.29 is 16.8 Å². The molecular weight excluding hydrogens is 322 g/mol. The van der Waals surface area contributed by atoms with Crippen LogP contribution in [0.25, 0.3) is 0 Å². The quantitative estimate of drug-likeness (QED) is 0.839. The van der Waals surface area contributed by atoms with Gasteiger partial charge in [-0.15, -0.1) is 0 Å². The van der Waals surface area contributed by atoms with E-state index in [4.69, 9.17) is 0 Å². The van der Waals surface area contributed by atoms with Crippen LogP contribution in [0.2, 0.25) is 0 Å². The van der Waals surface area contributed by atoms with Gasteiger partial charge in [-0.1, -0.05) is 19.9 Å². The molecule has 0 N–H and O–H groups in total. The Morgan fingerprint density at radius 3 is 2.36 bits per heavy atom. The fourth-order valence-corrected chi connectivity index (χ4v) is 5.75. The fraction of sp³-hybridized carbons (Fsp3) is 0.600. The first-order valence-electron chi connectivity index (χ1n) is 7.37. The third kappa shape index (κ3) is 3.21. The minimum atomic E-state index is -3.68. The highest BCUT2D eigenvalue weighted by Crippen LogP contribution is 2.32. The van der Waals surface area contributed by atoms with Crippen LogP contribution in [0.3, 0.4) is 0 Å². The summed E-state index contributed by atoms with van der Waals surface area (Å²) in [6.07, 6.45) is 2.77. The van der Waals surface area contributed by atoms with Crippen LogP contribution in [0.15, 0.2) is 28.0 Å². The molecular formula is C15H23NO4S2. The van der Waals surface area contributed by atoms with Crippen molar-refractivity contribution >= 4 is 19.9 Å². The number of nitrogens with zero attached hydrogens (tertiary/aromatic N) is 1. The summed E-state index contributed by atoms with van der Waals surface area (Å²) in [6, 6.07) is 4.28. The molecule has 1 atom stereocenters. The molecule has 7 heteroatoms. The molecule has 1 aliphatic heterocycles. The number of sulfone groups is 1. The first kappa shape index (κ1) is 17.4.